The molecule has 1 N–H and O–H groups in total. The van der Waals surface area contributed by atoms with Gasteiger partial charge in [0.05, 0.1) is 18.4 Å². The third-order valence-corrected chi connectivity index (χ3v) is 4.83. The number of carbonyl (C=O) groups excluding carboxylic acids is 1. The van der Waals surface area contributed by atoms with Gasteiger partial charge in [-0.2, -0.15) is 0 Å². The van der Waals surface area contributed by atoms with E-state index < -0.39 is 0 Å². The molecule has 0 saturated carbocycles. The van der Waals surface area contributed by atoms with Crippen LogP contribution in [-0.4, -0.2) is 25.9 Å². The van der Waals surface area contributed by atoms with Crippen molar-refractivity contribution in [1.29, 1.82) is 0 Å². The summed E-state index contributed by atoms with van der Waals surface area (Å²) in [4.78, 5) is 16.8. The van der Waals surface area contributed by atoms with Crippen molar-refractivity contribution in [2.75, 3.05) is 5.32 Å². The quantitative estimate of drug-likeness (QED) is 0.545. The summed E-state index contributed by atoms with van der Waals surface area (Å²) in [5.41, 5.74) is 3.04. The van der Waals surface area contributed by atoms with Gasteiger partial charge in [0.25, 0.3) is 5.91 Å². The molecule has 2 heterocycles. The lowest BCUT2D eigenvalue weighted by molar-refractivity contribution is 0.102. The van der Waals surface area contributed by atoms with E-state index in [1.54, 1.807) is 23.0 Å². The first kappa shape index (κ1) is 17.4. The Labute approximate surface area is 164 Å². The molecular formula is C19H14ClN5OS. The molecule has 0 aliphatic rings. The second kappa shape index (κ2) is 7.69. The minimum Gasteiger partial charge on any atom is -0.296 e. The van der Waals surface area contributed by atoms with Gasteiger partial charge in [-0.05, 0) is 17.7 Å². The molecule has 4 aromatic rings. The van der Waals surface area contributed by atoms with Gasteiger partial charge < -0.3 is 0 Å². The van der Waals surface area contributed by atoms with Crippen molar-refractivity contribution >= 4 is 34.0 Å². The first-order valence-electron chi connectivity index (χ1n) is 8.14. The van der Waals surface area contributed by atoms with Crippen LogP contribution in [0, 0.1) is 0 Å². The lowest BCUT2D eigenvalue weighted by atomic mass is 10.2. The molecule has 134 valence electrons. The highest BCUT2D eigenvalue weighted by Crippen LogP contribution is 2.26. The molecule has 0 radical (unpaired) electrons. The Morgan fingerprint density at radius 1 is 1.11 bits per heavy atom. The van der Waals surface area contributed by atoms with Gasteiger partial charge in [0.2, 0.25) is 0 Å². The number of benzene rings is 2. The van der Waals surface area contributed by atoms with Crippen molar-refractivity contribution in [2.24, 2.45) is 0 Å². The van der Waals surface area contributed by atoms with Crippen molar-refractivity contribution in [1.82, 2.24) is 20.0 Å². The molecule has 2 aromatic carbocycles. The Kier molecular flexibility index (Phi) is 4.95. The lowest BCUT2D eigenvalue weighted by Crippen LogP contribution is -2.12. The van der Waals surface area contributed by atoms with Gasteiger partial charge in [0.1, 0.15) is 0 Å². The number of rotatable bonds is 5. The van der Waals surface area contributed by atoms with Gasteiger partial charge in [-0.15, -0.1) is 16.4 Å². The van der Waals surface area contributed by atoms with Gasteiger partial charge in [-0.3, -0.25) is 10.1 Å². The van der Waals surface area contributed by atoms with Crippen LogP contribution in [0.4, 0.5) is 5.13 Å². The molecule has 0 fully saturated rings. The van der Waals surface area contributed by atoms with Gasteiger partial charge in [-0.25, -0.2) is 9.67 Å². The number of halogens is 1. The number of thiazole rings is 1. The van der Waals surface area contributed by atoms with E-state index in [4.69, 9.17) is 11.6 Å². The molecule has 4 rings (SSSR count). The number of nitrogens with zero attached hydrogens (tertiary/aromatic N) is 4. The highest BCUT2D eigenvalue weighted by atomic mass is 35.5. The molecule has 0 bridgehead atoms. The van der Waals surface area contributed by atoms with Crippen molar-refractivity contribution in [3.05, 3.63) is 82.5 Å². The Bertz CT molecular complexity index is 1060. The summed E-state index contributed by atoms with van der Waals surface area (Å²) < 4.78 is 1.63. The first-order chi connectivity index (χ1) is 13.2. The third-order valence-electron chi connectivity index (χ3n) is 3.82. The van der Waals surface area contributed by atoms with E-state index in [0.29, 0.717) is 16.7 Å². The fraction of sp³-hybridized carbons (Fsp3) is 0.0526. The van der Waals surface area contributed by atoms with E-state index >= 15 is 0 Å². The van der Waals surface area contributed by atoms with Crippen LogP contribution in [0.2, 0.25) is 5.02 Å². The molecule has 1 amide bonds. The predicted molar refractivity (Wildman–Crippen MR) is 106 cm³/mol. The van der Waals surface area contributed by atoms with Crippen molar-refractivity contribution in [2.45, 2.75) is 6.54 Å². The number of anilines is 1. The normalized spacial score (nSPS) is 10.7. The first-order valence-corrected chi connectivity index (χ1v) is 9.40. The maximum Gasteiger partial charge on any atom is 0.279 e. The molecular weight excluding hydrogens is 382 g/mol. The minimum absolute atomic E-state index is 0.245. The van der Waals surface area contributed by atoms with Crippen LogP contribution in [0.25, 0.3) is 11.3 Å². The number of aromatic nitrogens is 4. The second-order valence-corrected chi connectivity index (χ2v) is 7.08. The summed E-state index contributed by atoms with van der Waals surface area (Å²) >= 11 is 7.25. The number of hydrogen-bond acceptors (Lipinski definition) is 5. The van der Waals surface area contributed by atoms with E-state index in [2.05, 4.69) is 20.6 Å². The molecule has 0 aliphatic heterocycles. The van der Waals surface area contributed by atoms with Gasteiger partial charge >= 0.3 is 0 Å². The van der Waals surface area contributed by atoms with Gasteiger partial charge in [0.15, 0.2) is 10.8 Å². The Hall–Kier alpha value is -3.03. The maximum absolute atomic E-state index is 12.4. The summed E-state index contributed by atoms with van der Waals surface area (Å²) in [5, 5.41) is 13.8. The molecule has 0 atom stereocenters. The zero-order valence-corrected chi connectivity index (χ0v) is 15.6. The SMILES string of the molecule is O=C(Nc1nc(-c2ccc(Cl)cc2)cs1)c1cn(Cc2ccccc2)nn1. The summed E-state index contributed by atoms with van der Waals surface area (Å²) in [6.45, 7) is 0.555. The highest BCUT2D eigenvalue weighted by Gasteiger charge is 2.14. The van der Waals surface area contributed by atoms with E-state index in [9.17, 15) is 4.79 Å². The number of amides is 1. The summed E-state index contributed by atoms with van der Waals surface area (Å²) in [5.74, 6) is -0.341. The molecule has 2 aromatic heterocycles. The summed E-state index contributed by atoms with van der Waals surface area (Å²) in [7, 11) is 0. The fourth-order valence-electron chi connectivity index (χ4n) is 2.50. The number of carbonyl (C=O) groups is 1. The molecule has 0 aliphatic carbocycles. The van der Waals surface area contributed by atoms with Gasteiger partial charge in [0, 0.05) is 16.0 Å². The molecule has 8 heteroatoms. The molecule has 0 saturated heterocycles. The van der Waals surface area contributed by atoms with Crippen LogP contribution in [0.1, 0.15) is 16.1 Å². The van der Waals surface area contributed by atoms with E-state index in [1.807, 2.05) is 47.8 Å². The summed E-state index contributed by atoms with van der Waals surface area (Å²) in [6.07, 6.45) is 1.62. The van der Waals surface area contributed by atoms with Gasteiger partial charge in [-0.1, -0.05) is 59.3 Å². The van der Waals surface area contributed by atoms with Crippen molar-refractivity contribution < 1.29 is 4.79 Å². The van der Waals surface area contributed by atoms with Crippen LogP contribution in [0.3, 0.4) is 0 Å². The third kappa shape index (κ3) is 4.21. The van der Waals surface area contributed by atoms with Crippen LogP contribution >= 0.6 is 22.9 Å². The molecule has 0 spiro atoms. The molecule has 0 unspecified atom stereocenters. The topological polar surface area (TPSA) is 72.7 Å². The zero-order chi connectivity index (χ0) is 18.6. The summed E-state index contributed by atoms with van der Waals surface area (Å²) in [6, 6.07) is 17.2. The van der Waals surface area contributed by atoms with E-state index in [0.717, 1.165) is 16.8 Å². The minimum atomic E-state index is -0.341. The predicted octanol–water partition coefficient (Wildman–Crippen LogP) is 4.36. The Morgan fingerprint density at radius 3 is 2.67 bits per heavy atom. The second-order valence-electron chi connectivity index (χ2n) is 5.79. The number of hydrogen-bond donors (Lipinski definition) is 1. The van der Waals surface area contributed by atoms with Crippen LogP contribution < -0.4 is 5.32 Å². The average molecular weight is 396 g/mol. The smallest absolute Gasteiger partial charge is 0.279 e. The van der Waals surface area contributed by atoms with Crippen LogP contribution in [-0.2, 0) is 6.54 Å². The van der Waals surface area contributed by atoms with E-state index in [-0.39, 0.29) is 11.6 Å². The van der Waals surface area contributed by atoms with Crippen LogP contribution in [0.5, 0.6) is 0 Å². The Morgan fingerprint density at radius 2 is 1.89 bits per heavy atom. The van der Waals surface area contributed by atoms with Crippen molar-refractivity contribution in [3.8, 4) is 11.3 Å². The largest absolute Gasteiger partial charge is 0.296 e. The van der Waals surface area contributed by atoms with E-state index in [1.165, 1.54) is 11.3 Å². The highest BCUT2D eigenvalue weighted by molar-refractivity contribution is 7.14. The fourth-order valence-corrected chi connectivity index (χ4v) is 3.34. The average Bonchev–Trinajstić information content (AvgIpc) is 3.33. The Balaban J connectivity index is 1.43. The standard InChI is InChI=1S/C19H14ClN5OS/c20-15-8-6-14(7-9-15)17-12-27-19(21-17)22-18(26)16-11-25(24-23-16)10-13-4-2-1-3-5-13/h1-9,11-12H,10H2,(H,21,22,26). The van der Waals surface area contributed by atoms with Crippen LogP contribution in [0.15, 0.2) is 66.2 Å². The molecule has 27 heavy (non-hydrogen) atoms. The lowest BCUT2D eigenvalue weighted by Gasteiger charge is -1.99. The monoisotopic (exact) mass is 395 g/mol. The maximum atomic E-state index is 12.4. The zero-order valence-electron chi connectivity index (χ0n) is 14.0. The van der Waals surface area contributed by atoms with Crippen molar-refractivity contribution in [3.63, 3.8) is 0 Å². The number of nitrogens with one attached hydrogen (secondary N) is 1. The molecule has 6 nitrogen and oxygen atoms in total.